The van der Waals surface area contributed by atoms with E-state index >= 15 is 0 Å². The van der Waals surface area contributed by atoms with Gasteiger partial charge in [0.25, 0.3) is 0 Å². The SMILES string of the molecule is CCCCCCSCc1ccc(NC(=O)[C@H]2NCC[C@@H]2O)cc1. The number of rotatable bonds is 9. The zero-order valence-corrected chi connectivity index (χ0v) is 14.7. The maximum Gasteiger partial charge on any atom is 0.244 e. The van der Waals surface area contributed by atoms with E-state index in [9.17, 15) is 9.90 Å². The Hall–Kier alpha value is -1.04. The van der Waals surface area contributed by atoms with Gasteiger partial charge < -0.3 is 15.7 Å². The van der Waals surface area contributed by atoms with Gasteiger partial charge in [0.05, 0.1) is 6.10 Å². The van der Waals surface area contributed by atoms with Crippen LogP contribution in [-0.2, 0) is 10.5 Å². The molecule has 0 aromatic heterocycles. The molecule has 1 amide bonds. The van der Waals surface area contributed by atoms with E-state index in [-0.39, 0.29) is 5.91 Å². The summed E-state index contributed by atoms with van der Waals surface area (Å²) in [7, 11) is 0. The lowest BCUT2D eigenvalue weighted by molar-refractivity contribution is -0.119. The second-order valence-corrected chi connectivity index (χ2v) is 7.19. The average molecular weight is 337 g/mol. The summed E-state index contributed by atoms with van der Waals surface area (Å²) in [4.78, 5) is 12.1. The number of carbonyl (C=O) groups is 1. The molecule has 128 valence electrons. The third kappa shape index (κ3) is 6.16. The zero-order chi connectivity index (χ0) is 16.5. The first-order valence-electron chi connectivity index (χ1n) is 8.59. The Morgan fingerprint density at radius 1 is 1.30 bits per heavy atom. The van der Waals surface area contributed by atoms with E-state index < -0.39 is 12.1 Å². The van der Waals surface area contributed by atoms with E-state index in [2.05, 4.69) is 29.7 Å². The Balaban J connectivity index is 1.70. The lowest BCUT2D eigenvalue weighted by Gasteiger charge is -2.14. The molecule has 23 heavy (non-hydrogen) atoms. The molecule has 1 heterocycles. The predicted molar refractivity (Wildman–Crippen MR) is 97.8 cm³/mol. The maximum atomic E-state index is 12.1. The van der Waals surface area contributed by atoms with Crippen LogP contribution in [0.3, 0.4) is 0 Å². The molecule has 3 N–H and O–H groups in total. The van der Waals surface area contributed by atoms with Crippen molar-refractivity contribution < 1.29 is 9.90 Å². The molecule has 1 aliphatic rings. The number of hydrogen-bond acceptors (Lipinski definition) is 4. The molecule has 1 aliphatic heterocycles. The van der Waals surface area contributed by atoms with Crippen LogP contribution in [0.5, 0.6) is 0 Å². The minimum Gasteiger partial charge on any atom is -0.391 e. The number of hydrogen-bond donors (Lipinski definition) is 3. The van der Waals surface area contributed by atoms with Crippen molar-refractivity contribution >= 4 is 23.4 Å². The van der Waals surface area contributed by atoms with Crippen molar-refractivity contribution in [3.8, 4) is 0 Å². The number of thioether (sulfide) groups is 1. The highest BCUT2D eigenvalue weighted by Gasteiger charge is 2.30. The lowest BCUT2D eigenvalue weighted by Crippen LogP contribution is -2.42. The average Bonchev–Trinajstić information content (AvgIpc) is 2.98. The highest BCUT2D eigenvalue weighted by Crippen LogP contribution is 2.18. The molecule has 1 aromatic carbocycles. The van der Waals surface area contributed by atoms with E-state index in [1.807, 2.05) is 23.9 Å². The lowest BCUT2D eigenvalue weighted by atomic mass is 10.1. The summed E-state index contributed by atoms with van der Waals surface area (Å²) in [5.41, 5.74) is 2.06. The number of nitrogens with one attached hydrogen (secondary N) is 2. The molecule has 1 saturated heterocycles. The predicted octanol–water partition coefficient (Wildman–Crippen LogP) is 3.16. The van der Waals surface area contributed by atoms with Gasteiger partial charge in [-0.05, 0) is 42.8 Å². The first-order valence-corrected chi connectivity index (χ1v) is 9.75. The van der Waals surface area contributed by atoms with Crippen LogP contribution in [0.1, 0.15) is 44.6 Å². The Morgan fingerprint density at radius 2 is 2.09 bits per heavy atom. The summed E-state index contributed by atoms with van der Waals surface area (Å²) in [6.45, 7) is 2.92. The molecular weight excluding hydrogens is 308 g/mol. The van der Waals surface area contributed by atoms with E-state index in [1.54, 1.807) is 0 Å². The number of aliphatic hydroxyl groups is 1. The number of carbonyl (C=O) groups excluding carboxylic acids is 1. The molecule has 5 heteroatoms. The Morgan fingerprint density at radius 3 is 2.74 bits per heavy atom. The van der Waals surface area contributed by atoms with Crippen molar-refractivity contribution in [2.24, 2.45) is 0 Å². The quantitative estimate of drug-likeness (QED) is 0.606. The minimum absolute atomic E-state index is 0.159. The summed E-state index contributed by atoms with van der Waals surface area (Å²) in [6, 6.07) is 7.51. The molecule has 0 radical (unpaired) electrons. The number of anilines is 1. The summed E-state index contributed by atoms with van der Waals surface area (Å²) >= 11 is 1.97. The molecule has 0 unspecified atom stereocenters. The van der Waals surface area contributed by atoms with Gasteiger partial charge in [-0.25, -0.2) is 0 Å². The second kappa shape index (κ2) is 9.96. The van der Waals surface area contributed by atoms with Crippen molar-refractivity contribution in [3.05, 3.63) is 29.8 Å². The summed E-state index contributed by atoms with van der Waals surface area (Å²) in [5, 5.41) is 15.6. The van der Waals surface area contributed by atoms with E-state index in [4.69, 9.17) is 0 Å². The Kier molecular flexibility index (Phi) is 7.92. The normalized spacial score (nSPS) is 20.6. The van der Waals surface area contributed by atoms with Crippen LogP contribution in [0.15, 0.2) is 24.3 Å². The number of unbranched alkanes of at least 4 members (excludes halogenated alkanes) is 3. The largest absolute Gasteiger partial charge is 0.391 e. The van der Waals surface area contributed by atoms with Crippen LogP contribution in [-0.4, -0.2) is 35.5 Å². The van der Waals surface area contributed by atoms with Crippen molar-refractivity contribution in [3.63, 3.8) is 0 Å². The molecule has 0 bridgehead atoms. The molecule has 4 nitrogen and oxygen atoms in total. The van der Waals surface area contributed by atoms with Crippen LogP contribution in [0.2, 0.25) is 0 Å². The highest BCUT2D eigenvalue weighted by molar-refractivity contribution is 7.98. The standard InChI is InChI=1S/C18H28N2O2S/c1-2-3-4-5-12-23-13-14-6-8-15(9-7-14)20-18(22)17-16(21)10-11-19-17/h6-9,16-17,19,21H,2-5,10-13H2,1H3,(H,20,22)/t16-,17-/m0/s1. The van der Waals surface area contributed by atoms with Crippen molar-refractivity contribution in [1.82, 2.24) is 5.32 Å². The second-order valence-electron chi connectivity index (χ2n) is 6.09. The van der Waals surface area contributed by atoms with Gasteiger partial charge in [-0.1, -0.05) is 38.3 Å². The van der Waals surface area contributed by atoms with Gasteiger partial charge in [-0.15, -0.1) is 0 Å². The third-order valence-electron chi connectivity index (χ3n) is 4.10. The third-order valence-corrected chi connectivity index (χ3v) is 5.22. The van der Waals surface area contributed by atoms with Crippen LogP contribution >= 0.6 is 11.8 Å². The summed E-state index contributed by atoms with van der Waals surface area (Å²) in [6.07, 6.45) is 5.29. The van der Waals surface area contributed by atoms with E-state index in [0.717, 1.165) is 11.4 Å². The van der Waals surface area contributed by atoms with Gasteiger partial charge in [0.1, 0.15) is 6.04 Å². The Bertz CT molecular complexity index is 478. The summed E-state index contributed by atoms with van der Waals surface area (Å²) < 4.78 is 0. The van der Waals surface area contributed by atoms with Gasteiger partial charge in [-0.3, -0.25) is 4.79 Å². The molecule has 0 spiro atoms. The van der Waals surface area contributed by atoms with Crippen LogP contribution in [0.25, 0.3) is 0 Å². The fraction of sp³-hybridized carbons (Fsp3) is 0.611. The zero-order valence-electron chi connectivity index (χ0n) is 13.9. The van der Waals surface area contributed by atoms with Crippen LogP contribution in [0, 0.1) is 0 Å². The molecule has 0 aliphatic carbocycles. The highest BCUT2D eigenvalue weighted by atomic mass is 32.2. The van der Waals surface area contributed by atoms with Crippen molar-refractivity contribution in [1.29, 1.82) is 0 Å². The molecule has 1 fully saturated rings. The molecule has 2 rings (SSSR count). The van der Waals surface area contributed by atoms with Gasteiger partial charge >= 0.3 is 0 Å². The van der Waals surface area contributed by atoms with Crippen LogP contribution < -0.4 is 10.6 Å². The van der Waals surface area contributed by atoms with Crippen molar-refractivity contribution in [2.45, 2.75) is 56.9 Å². The Labute approximate surface area is 143 Å². The van der Waals surface area contributed by atoms with Crippen LogP contribution in [0.4, 0.5) is 5.69 Å². The van der Waals surface area contributed by atoms with Gasteiger partial charge in [0.2, 0.25) is 5.91 Å². The minimum atomic E-state index is -0.585. The van der Waals surface area contributed by atoms with Crippen molar-refractivity contribution in [2.75, 3.05) is 17.6 Å². The monoisotopic (exact) mass is 336 g/mol. The first-order chi connectivity index (χ1) is 11.2. The molecule has 1 aromatic rings. The molecular formula is C18H28N2O2S. The number of amides is 1. The van der Waals surface area contributed by atoms with Gasteiger partial charge in [0.15, 0.2) is 0 Å². The number of benzene rings is 1. The molecule has 0 saturated carbocycles. The topological polar surface area (TPSA) is 61.4 Å². The maximum absolute atomic E-state index is 12.1. The van der Waals surface area contributed by atoms with Gasteiger partial charge in [0, 0.05) is 11.4 Å². The number of aliphatic hydroxyl groups excluding tert-OH is 1. The van der Waals surface area contributed by atoms with Gasteiger partial charge in [-0.2, -0.15) is 11.8 Å². The fourth-order valence-corrected chi connectivity index (χ4v) is 3.66. The fourth-order valence-electron chi connectivity index (χ4n) is 2.68. The van der Waals surface area contributed by atoms with E-state index in [1.165, 1.54) is 37.0 Å². The summed E-state index contributed by atoms with van der Waals surface area (Å²) in [5.74, 6) is 2.07. The smallest absolute Gasteiger partial charge is 0.244 e. The molecule has 2 atom stereocenters. The van der Waals surface area contributed by atoms with E-state index in [0.29, 0.717) is 13.0 Å². The first kappa shape index (κ1) is 18.3.